The SMILES string of the molecule is C/C=C\C(=C/N=CC(=O)COc1ccc(CC2SC(=O)NC2=O)cc1)CC. The molecule has 27 heavy (non-hydrogen) atoms. The van der Waals surface area contributed by atoms with Gasteiger partial charge in [-0.2, -0.15) is 0 Å². The van der Waals surface area contributed by atoms with Crippen molar-refractivity contribution in [2.45, 2.75) is 31.9 Å². The fraction of sp³-hybridized carbons (Fsp3) is 0.300. The molecule has 1 fully saturated rings. The summed E-state index contributed by atoms with van der Waals surface area (Å²) in [6, 6.07) is 7.11. The van der Waals surface area contributed by atoms with Crippen molar-refractivity contribution in [2.75, 3.05) is 6.61 Å². The number of carbonyl (C=O) groups excluding carboxylic acids is 3. The number of hydrogen-bond donors (Lipinski definition) is 1. The van der Waals surface area contributed by atoms with Crippen LogP contribution in [0.2, 0.25) is 0 Å². The first-order chi connectivity index (χ1) is 13.0. The minimum atomic E-state index is -0.398. The third kappa shape index (κ3) is 6.86. The zero-order chi connectivity index (χ0) is 19.6. The average Bonchev–Trinajstić information content (AvgIpc) is 2.97. The molecule has 1 aromatic rings. The van der Waals surface area contributed by atoms with E-state index in [1.807, 2.05) is 38.1 Å². The Kier molecular flexibility index (Phi) is 8.00. The summed E-state index contributed by atoms with van der Waals surface area (Å²) in [6.07, 6.45) is 8.09. The smallest absolute Gasteiger partial charge is 0.286 e. The Morgan fingerprint density at radius 2 is 2.04 bits per heavy atom. The van der Waals surface area contributed by atoms with Crippen molar-refractivity contribution in [3.05, 3.63) is 53.8 Å². The van der Waals surface area contributed by atoms with E-state index in [4.69, 9.17) is 4.74 Å². The lowest BCUT2D eigenvalue weighted by Gasteiger charge is -2.07. The maximum atomic E-state index is 11.8. The molecule has 1 heterocycles. The first-order valence-corrected chi connectivity index (χ1v) is 9.50. The molecular weight excluding hydrogens is 364 g/mol. The number of amides is 2. The van der Waals surface area contributed by atoms with Crippen molar-refractivity contribution in [1.82, 2.24) is 5.32 Å². The van der Waals surface area contributed by atoms with Crippen LogP contribution >= 0.6 is 11.8 Å². The Balaban J connectivity index is 1.81. The zero-order valence-corrected chi connectivity index (χ0v) is 16.1. The quantitative estimate of drug-likeness (QED) is 0.519. The summed E-state index contributed by atoms with van der Waals surface area (Å²) < 4.78 is 5.45. The van der Waals surface area contributed by atoms with E-state index >= 15 is 0 Å². The summed E-state index contributed by atoms with van der Waals surface area (Å²) in [7, 11) is 0. The van der Waals surface area contributed by atoms with E-state index in [0.717, 1.165) is 29.3 Å². The van der Waals surface area contributed by atoms with Gasteiger partial charge >= 0.3 is 0 Å². The number of ether oxygens (including phenoxy) is 1. The molecular formula is C20H22N2O4S. The minimum Gasteiger partial charge on any atom is -0.485 e. The molecule has 1 atom stereocenters. The van der Waals surface area contributed by atoms with Crippen LogP contribution in [0.5, 0.6) is 5.75 Å². The van der Waals surface area contributed by atoms with Crippen LogP contribution in [0.4, 0.5) is 4.79 Å². The highest BCUT2D eigenvalue weighted by atomic mass is 32.2. The Morgan fingerprint density at radius 3 is 2.63 bits per heavy atom. The molecule has 6 nitrogen and oxygen atoms in total. The van der Waals surface area contributed by atoms with Crippen molar-refractivity contribution in [3.63, 3.8) is 0 Å². The molecule has 0 spiro atoms. The van der Waals surface area contributed by atoms with E-state index in [0.29, 0.717) is 12.2 Å². The van der Waals surface area contributed by atoms with Gasteiger partial charge in [-0.25, -0.2) is 0 Å². The Bertz CT molecular complexity index is 782. The number of carbonyl (C=O) groups is 3. The summed E-state index contributed by atoms with van der Waals surface area (Å²) in [5.74, 6) is 0.0625. The van der Waals surface area contributed by atoms with Crippen LogP contribution < -0.4 is 10.1 Å². The topological polar surface area (TPSA) is 84.8 Å². The highest BCUT2D eigenvalue weighted by Crippen LogP contribution is 2.23. The van der Waals surface area contributed by atoms with E-state index in [1.54, 1.807) is 18.3 Å². The third-order valence-electron chi connectivity index (χ3n) is 3.74. The number of Topliss-reactive ketones (excluding diaryl/α,β-unsaturated/α-hetero) is 1. The second kappa shape index (κ2) is 10.5. The largest absolute Gasteiger partial charge is 0.485 e. The molecule has 7 heteroatoms. The van der Waals surface area contributed by atoms with Crippen molar-refractivity contribution in [2.24, 2.45) is 4.99 Å². The van der Waals surface area contributed by atoms with E-state index in [-0.39, 0.29) is 23.5 Å². The van der Waals surface area contributed by atoms with Crippen LogP contribution in [0.1, 0.15) is 25.8 Å². The maximum absolute atomic E-state index is 11.8. The molecule has 142 valence electrons. The number of benzene rings is 1. The fourth-order valence-electron chi connectivity index (χ4n) is 2.34. The normalized spacial score (nSPS) is 17.7. The van der Waals surface area contributed by atoms with Crippen molar-refractivity contribution in [3.8, 4) is 5.75 Å². The zero-order valence-electron chi connectivity index (χ0n) is 15.3. The first kappa shape index (κ1) is 20.6. The number of hydrogen-bond acceptors (Lipinski definition) is 6. The number of nitrogens with zero attached hydrogens (tertiary/aromatic N) is 1. The van der Waals surface area contributed by atoms with Crippen molar-refractivity contribution in [1.29, 1.82) is 0 Å². The number of ketones is 1. The molecule has 1 unspecified atom stereocenters. The van der Waals surface area contributed by atoms with E-state index in [9.17, 15) is 14.4 Å². The van der Waals surface area contributed by atoms with Crippen molar-refractivity contribution < 1.29 is 19.1 Å². The van der Waals surface area contributed by atoms with Crippen molar-refractivity contribution >= 4 is 34.9 Å². The lowest BCUT2D eigenvalue weighted by Crippen LogP contribution is -2.25. The van der Waals surface area contributed by atoms with Gasteiger partial charge in [0.2, 0.25) is 11.7 Å². The fourth-order valence-corrected chi connectivity index (χ4v) is 3.20. The molecule has 0 radical (unpaired) electrons. The van der Waals surface area contributed by atoms with Crippen LogP contribution in [0.25, 0.3) is 0 Å². The first-order valence-electron chi connectivity index (χ1n) is 8.62. The standard InChI is InChI=1S/C20H22N2O4S/c1-3-5-14(4-2)11-21-12-16(23)13-26-17-8-6-15(7-9-17)10-18-19(24)22-20(25)27-18/h3,5-9,11-12,18H,4,10,13H2,1-2H3,(H,22,24,25)/b5-3-,14-11-,21-12?. The minimum absolute atomic E-state index is 0.100. The summed E-state index contributed by atoms with van der Waals surface area (Å²) in [5.41, 5.74) is 1.95. The lowest BCUT2D eigenvalue weighted by atomic mass is 10.1. The van der Waals surface area contributed by atoms with E-state index in [2.05, 4.69) is 10.3 Å². The molecule has 2 rings (SSSR count). The van der Waals surface area contributed by atoms with E-state index in [1.165, 1.54) is 6.21 Å². The van der Waals surface area contributed by atoms with Gasteiger partial charge < -0.3 is 4.74 Å². The van der Waals surface area contributed by atoms with Gasteiger partial charge in [0.25, 0.3) is 5.24 Å². The lowest BCUT2D eigenvalue weighted by molar-refractivity contribution is -0.119. The second-order valence-electron chi connectivity index (χ2n) is 5.82. The van der Waals surface area contributed by atoms with Crippen LogP contribution in [0.15, 0.2) is 53.2 Å². The highest BCUT2D eigenvalue weighted by Gasteiger charge is 2.31. The van der Waals surface area contributed by atoms with Crippen LogP contribution in [-0.2, 0) is 16.0 Å². The van der Waals surface area contributed by atoms with Gasteiger partial charge in [-0.3, -0.25) is 24.7 Å². The molecule has 1 saturated heterocycles. The average molecular weight is 386 g/mol. The van der Waals surface area contributed by atoms with Crippen LogP contribution in [0.3, 0.4) is 0 Å². The van der Waals surface area contributed by atoms with Gasteiger partial charge in [-0.1, -0.05) is 43.0 Å². The Morgan fingerprint density at radius 1 is 1.30 bits per heavy atom. The van der Waals surface area contributed by atoms with Crippen LogP contribution in [0, 0.1) is 0 Å². The monoisotopic (exact) mass is 386 g/mol. The van der Waals surface area contributed by atoms with Gasteiger partial charge in [0.15, 0.2) is 6.61 Å². The van der Waals surface area contributed by atoms with Gasteiger partial charge in [0.05, 0.1) is 11.5 Å². The van der Waals surface area contributed by atoms with Gasteiger partial charge in [0.1, 0.15) is 5.75 Å². The number of allylic oxidation sites excluding steroid dienone is 3. The number of thioether (sulfide) groups is 1. The number of nitrogens with one attached hydrogen (secondary N) is 1. The summed E-state index contributed by atoms with van der Waals surface area (Å²) in [4.78, 5) is 38.6. The molecule has 0 bridgehead atoms. The van der Waals surface area contributed by atoms with Gasteiger partial charge in [-0.05, 0) is 43.0 Å². The third-order valence-corrected chi connectivity index (χ3v) is 4.72. The maximum Gasteiger partial charge on any atom is 0.286 e. The van der Waals surface area contributed by atoms with Crippen LogP contribution in [-0.4, -0.2) is 35.0 Å². The second-order valence-corrected chi connectivity index (χ2v) is 7.00. The molecule has 1 N–H and O–H groups in total. The molecule has 2 amide bonds. The predicted molar refractivity (Wildman–Crippen MR) is 107 cm³/mol. The van der Waals surface area contributed by atoms with Gasteiger partial charge in [0, 0.05) is 6.20 Å². The van der Waals surface area contributed by atoms with E-state index < -0.39 is 5.25 Å². The molecule has 0 saturated carbocycles. The Hall–Kier alpha value is -2.67. The summed E-state index contributed by atoms with van der Waals surface area (Å²) in [5, 5.41) is 1.56. The number of imide groups is 1. The Labute approximate surface area is 162 Å². The molecule has 0 aromatic heterocycles. The molecule has 1 aliphatic heterocycles. The molecule has 0 aliphatic carbocycles. The predicted octanol–water partition coefficient (Wildman–Crippen LogP) is 3.47. The molecule has 1 aromatic carbocycles. The number of rotatable bonds is 9. The summed E-state index contributed by atoms with van der Waals surface area (Å²) in [6.45, 7) is 3.85. The van der Waals surface area contributed by atoms with Gasteiger partial charge in [-0.15, -0.1) is 0 Å². The highest BCUT2D eigenvalue weighted by molar-refractivity contribution is 8.15. The molecule has 1 aliphatic rings. The summed E-state index contributed by atoms with van der Waals surface area (Å²) >= 11 is 1.00. The number of aliphatic imine (C=N–C) groups is 1.